The van der Waals surface area contributed by atoms with Crippen LogP contribution in [0.2, 0.25) is 0 Å². The predicted octanol–water partition coefficient (Wildman–Crippen LogP) is 6.17. The molecule has 4 aliphatic rings. The van der Waals surface area contributed by atoms with Crippen LogP contribution in [-0.4, -0.2) is 81.0 Å². The lowest BCUT2D eigenvalue weighted by Gasteiger charge is -2.36. The van der Waals surface area contributed by atoms with E-state index in [1.165, 1.54) is 46.3 Å². The van der Waals surface area contributed by atoms with E-state index in [0.717, 1.165) is 11.1 Å². The molecule has 1 amide bonds. The Kier molecular flexibility index (Phi) is 12.7. The van der Waals surface area contributed by atoms with E-state index in [4.69, 9.17) is 14.2 Å². The van der Waals surface area contributed by atoms with Crippen LogP contribution in [0.3, 0.4) is 0 Å². The van der Waals surface area contributed by atoms with Crippen LogP contribution in [0.25, 0.3) is 11.1 Å². The Labute approximate surface area is 349 Å². The van der Waals surface area contributed by atoms with E-state index in [-0.39, 0.29) is 28.1 Å². The Morgan fingerprint density at radius 2 is 1.38 bits per heavy atom. The predicted molar refractivity (Wildman–Crippen MR) is 224 cm³/mol. The highest BCUT2D eigenvalue weighted by atomic mass is 16.7. The van der Waals surface area contributed by atoms with Crippen molar-refractivity contribution in [2.75, 3.05) is 12.4 Å². The number of methoxy groups -OCH3 is 1. The number of anilines is 1. The first-order chi connectivity index (χ1) is 28.4. The third-order valence-corrected chi connectivity index (χ3v) is 12.0. The molecule has 7 rings (SSSR count). The van der Waals surface area contributed by atoms with Gasteiger partial charge < -0.3 is 45.3 Å². The number of ether oxygens (including phenoxy) is 3. The molecule has 6 N–H and O–H groups in total. The third kappa shape index (κ3) is 8.05. The zero-order valence-electron chi connectivity index (χ0n) is 34.8. The first-order valence-corrected chi connectivity index (χ1v) is 19.9. The molecule has 9 unspecified atom stereocenters. The lowest BCUT2D eigenvalue weighted by molar-refractivity contribution is -0.116. The molecular formula is C47H52N2O11. The number of aliphatic hydroxyl groups is 3. The van der Waals surface area contributed by atoms with Crippen LogP contribution in [0.1, 0.15) is 78.2 Å². The highest BCUT2D eigenvalue weighted by Gasteiger charge is 2.52. The molecule has 316 valence electrons. The number of carbonyl (C=O) groups is 4. The van der Waals surface area contributed by atoms with E-state index in [2.05, 4.69) is 10.6 Å². The number of phenolic OH excluding ortho intramolecular Hbond substituents is 1. The van der Waals surface area contributed by atoms with Crippen LogP contribution >= 0.6 is 0 Å². The molecule has 0 saturated carbocycles. The van der Waals surface area contributed by atoms with E-state index in [0.29, 0.717) is 5.69 Å². The van der Waals surface area contributed by atoms with Gasteiger partial charge in [-0.1, -0.05) is 88.4 Å². The molecule has 3 aromatic carbocycles. The van der Waals surface area contributed by atoms with Gasteiger partial charge in [0.1, 0.15) is 22.9 Å². The van der Waals surface area contributed by atoms with Gasteiger partial charge >= 0.3 is 5.79 Å². The average Bonchev–Trinajstić information content (AvgIpc) is 3.51. The van der Waals surface area contributed by atoms with Crippen molar-refractivity contribution in [2.24, 2.45) is 23.7 Å². The maximum Gasteiger partial charge on any atom is 0.312 e. The van der Waals surface area contributed by atoms with Gasteiger partial charge in [-0.3, -0.25) is 19.2 Å². The second-order valence-corrected chi connectivity index (χ2v) is 16.0. The molecule has 3 aliphatic heterocycles. The van der Waals surface area contributed by atoms with Crippen LogP contribution in [0.4, 0.5) is 5.69 Å². The molecule has 13 heteroatoms. The van der Waals surface area contributed by atoms with Crippen molar-refractivity contribution in [3.63, 3.8) is 0 Å². The maximum atomic E-state index is 14.8. The minimum atomic E-state index is -2.08. The number of aliphatic hydroxyl groups excluding tert-OH is 3. The summed E-state index contributed by atoms with van der Waals surface area (Å²) in [6, 6.07) is 16.6. The van der Waals surface area contributed by atoms with Gasteiger partial charge in [-0.05, 0) is 43.2 Å². The van der Waals surface area contributed by atoms with Crippen molar-refractivity contribution < 1.29 is 53.8 Å². The topological polar surface area (TPSA) is 201 Å². The van der Waals surface area contributed by atoms with Crippen LogP contribution in [-0.2, 0) is 14.3 Å². The number of Topliss-reactive ketones (excluding diaryl/α,β-unsaturated/α-hetero) is 3. The summed E-state index contributed by atoms with van der Waals surface area (Å²) in [6.07, 6.45) is 3.26. The summed E-state index contributed by atoms with van der Waals surface area (Å²) in [5, 5.41) is 51.0. The molecular weight excluding hydrogens is 769 g/mol. The third-order valence-electron chi connectivity index (χ3n) is 12.0. The maximum absolute atomic E-state index is 14.8. The van der Waals surface area contributed by atoms with Gasteiger partial charge in [0, 0.05) is 54.5 Å². The van der Waals surface area contributed by atoms with Gasteiger partial charge in [-0.2, -0.15) is 0 Å². The van der Waals surface area contributed by atoms with Gasteiger partial charge in [0.15, 0.2) is 0 Å². The summed E-state index contributed by atoms with van der Waals surface area (Å²) in [5.74, 6) is -8.74. The molecule has 9 atom stereocenters. The minimum absolute atomic E-state index is 0.00975. The number of allylic oxidation sites excluding steroid dienone is 4. The Bertz CT molecular complexity index is 2310. The monoisotopic (exact) mass is 820 g/mol. The summed E-state index contributed by atoms with van der Waals surface area (Å²) >= 11 is 0. The van der Waals surface area contributed by atoms with E-state index in [1.807, 2.05) is 42.5 Å². The SMILES string of the molecule is COC1/C=C/OC2(C)Oc3c(C)c(O)c4c(c3C2=O)C(=O)C(Nc2ccc(-c3ccccc3)cc2)=C(NC(=O)/C(C)=C\C=C\C(C)C(O)C(C)C(O)C(C)C(O)C1C)C4=O. The second kappa shape index (κ2) is 17.4. The van der Waals surface area contributed by atoms with Gasteiger partial charge in [0.05, 0.1) is 47.4 Å². The minimum Gasteiger partial charge on any atom is -0.507 e. The van der Waals surface area contributed by atoms with Crippen LogP contribution in [0, 0.1) is 30.6 Å². The van der Waals surface area contributed by atoms with Crippen LogP contribution in [0.5, 0.6) is 11.5 Å². The fraction of sp³-hybridized carbons (Fsp3) is 0.362. The number of benzene rings is 3. The van der Waals surface area contributed by atoms with E-state index in [1.54, 1.807) is 52.0 Å². The summed E-state index contributed by atoms with van der Waals surface area (Å²) in [4.78, 5) is 57.5. The van der Waals surface area contributed by atoms with Gasteiger partial charge in [0.25, 0.3) is 11.7 Å². The molecule has 3 heterocycles. The zero-order chi connectivity index (χ0) is 43.8. The lowest BCUT2D eigenvalue weighted by Crippen LogP contribution is -2.45. The number of nitrogens with one attached hydrogen (secondary N) is 2. The fourth-order valence-corrected chi connectivity index (χ4v) is 7.94. The molecule has 0 fully saturated rings. The van der Waals surface area contributed by atoms with Crippen molar-refractivity contribution in [1.29, 1.82) is 0 Å². The van der Waals surface area contributed by atoms with E-state index < -0.39 is 99.7 Å². The van der Waals surface area contributed by atoms with Crippen molar-refractivity contribution in [2.45, 2.75) is 78.7 Å². The Morgan fingerprint density at radius 1 is 0.767 bits per heavy atom. The largest absolute Gasteiger partial charge is 0.507 e. The Morgan fingerprint density at radius 3 is 2.03 bits per heavy atom. The molecule has 0 radical (unpaired) electrons. The van der Waals surface area contributed by atoms with Crippen molar-refractivity contribution >= 4 is 28.9 Å². The van der Waals surface area contributed by atoms with Gasteiger partial charge in [0.2, 0.25) is 11.6 Å². The molecule has 60 heavy (non-hydrogen) atoms. The number of fused-ring (bicyclic) bond motifs is 14. The summed E-state index contributed by atoms with van der Waals surface area (Å²) in [6.45, 7) is 11.1. The van der Waals surface area contributed by atoms with Gasteiger partial charge in [-0.25, -0.2) is 0 Å². The van der Waals surface area contributed by atoms with Gasteiger partial charge in [-0.15, -0.1) is 0 Å². The molecule has 5 bridgehead atoms. The highest BCUT2D eigenvalue weighted by Crippen LogP contribution is 2.48. The zero-order valence-corrected chi connectivity index (χ0v) is 34.8. The van der Waals surface area contributed by atoms with E-state index in [9.17, 15) is 39.6 Å². The van der Waals surface area contributed by atoms with Crippen molar-refractivity contribution in [3.8, 4) is 22.6 Å². The summed E-state index contributed by atoms with van der Waals surface area (Å²) in [5.41, 5.74) is 0.317. The second-order valence-electron chi connectivity index (χ2n) is 16.0. The van der Waals surface area contributed by atoms with Crippen molar-refractivity contribution in [1.82, 2.24) is 5.32 Å². The number of carbonyl (C=O) groups excluding carboxylic acids is 4. The molecule has 13 nitrogen and oxygen atoms in total. The molecule has 0 saturated heterocycles. The van der Waals surface area contributed by atoms with Crippen LogP contribution < -0.4 is 15.4 Å². The summed E-state index contributed by atoms with van der Waals surface area (Å²) < 4.78 is 17.6. The highest BCUT2D eigenvalue weighted by molar-refractivity contribution is 6.33. The first kappa shape index (κ1) is 43.7. The Hall–Kier alpha value is -5.86. The Balaban J connectivity index is 1.48. The first-order valence-electron chi connectivity index (χ1n) is 19.9. The number of ketones is 3. The van der Waals surface area contributed by atoms with E-state index >= 15 is 0 Å². The molecule has 3 aromatic rings. The number of amides is 1. The summed E-state index contributed by atoms with van der Waals surface area (Å²) in [7, 11) is 1.42. The number of hydrogen-bond donors (Lipinski definition) is 6. The molecule has 0 spiro atoms. The molecule has 0 aromatic heterocycles. The van der Waals surface area contributed by atoms with Crippen molar-refractivity contribution in [3.05, 3.63) is 124 Å². The number of rotatable bonds is 4. The standard InChI is InChI=1S/C47H52N2O11/c1-23-13-12-14-24(2)46(57)49-37-36(48-31-19-17-30(18-20-31)29-15-10-9-11-16-29)42(54)33-34(43(37)55)41(53)28(6)44-35(33)45(56)47(7,60-44)59-22-21-32(58-8)25(3)39(51)27(5)40(52)26(4)38(23)50/h9-23,25-27,32,38-40,48,50-53H,1-8H3,(H,49,57)/b13-12+,22-21+,24-14-. The number of phenols is 1. The normalized spacial score (nSPS) is 30.8. The lowest BCUT2D eigenvalue weighted by atomic mass is 9.78. The average molecular weight is 821 g/mol. The number of aromatic hydroxyl groups is 1. The smallest absolute Gasteiger partial charge is 0.312 e. The number of hydrogen-bond acceptors (Lipinski definition) is 12. The fourth-order valence-electron chi connectivity index (χ4n) is 7.94. The molecule has 1 aliphatic carbocycles. The van der Waals surface area contributed by atoms with Crippen LogP contribution in [0.15, 0.2) is 102 Å². The quantitative estimate of drug-likeness (QED) is 0.175.